The average molecular weight is 352 g/mol. The predicted octanol–water partition coefficient (Wildman–Crippen LogP) is 0.555. The number of hydrogen-bond donors (Lipinski definition) is 1. The fraction of sp³-hybridized carbons (Fsp3) is 0.375. The minimum absolute atomic E-state index is 0.0154. The van der Waals surface area contributed by atoms with Crippen molar-refractivity contribution < 1.29 is 8.42 Å². The molecule has 0 unspecified atom stereocenters. The highest BCUT2D eigenvalue weighted by atomic mass is 79.9. The topological polar surface area (TPSA) is 89.8 Å². The molecule has 2 rings (SSSR count). The van der Waals surface area contributed by atoms with Crippen molar-refractivity contribution in [3.63, 3.8) is 0 Å². The van der Waals surface area contributed by atoms with Gasteiger partial charge in [-0.25, -0.2) is 22.8 Å². The molecule has 0 fully saturated rings. The van der Waals surface area contributed by atoms with Crippen LogP contribution in [0.1, 0.15) is 5.01 Å². The molecule has 2 aromatic rings. The quantitative estimate of drug-likeness (QED) is 0.849. The number of aryl methyl sites for hydroxylation is 1. The molecule has 18 heavy (non-hydrogen) atoms. The van der Waals surface area contributed by atoms with Gasteiger partial charge in [-0.1, -0.05) is 5.21 Å². The van der Waals surface area contributed by atoms with E-state index in [9.17, 15) is 8.42 Å². The van der Waals surface area contributed by atoms with Crippen LogP contribution >= 0.6 is 27.3 Å². The fourth-order valence-corrected chi connectivity index (χ4v) is 4.09. The Morgan fingerprint density at radius 2 is 2.33 bits per heavy atom. The summed E-state index contributed by atoms with van der Waals surface area (Å²) in [6.45, 7) is 0.285. The highest BCUT2D eigenvalue weighted by Gasteiger charge is 2.23. The van der Waals surface area contributed by atoms with Crippen LogP contribution < -0.4 is 4.72 Å². The van der Waals surface area contributed by atoms with Crippen LogP contribution in [0, 0.1) is 0 Å². The lowest BCUT2D eigenvalue weighted by Crippen LogP contribution is -2.28. The largest absolute Gasteiger partial charge is 0.260 e. The molecule has 2 heterocycles. The zero-order chi connectivity index (χ0) is 13.2. The Balaban J connectivity index is 2.04. The Hall–Kier alpha value is -0.840. The predicted molar refractivity (Wildman–Crippen MR) is 69.7 cm³/mol. The molecular weight excluding hydrogens is 342 g/mol. The maximum absolute atomic E-state index is 12.0. The van der Waals surface area contributed by atoms with Gasteiger partial charge in [0.25, 0.3) is 10.0 Å². The summed E-state index contributed by atoms with van der Waals surface area (Å²) in [4.78, 5) is 4.08. The van der Waals surface area contributed by atoms with Gasteiger partial charge in [0.05, 0.1) is 5.01 Å². The molecule has 7 nitrogen and oxygen atoms in total. The molecule has 0 aromatic carbocycles. The number of sulfonamides is 1. The van der Waals surface area contributed by atoms with Crippen LogP contribution in [0.25, 0.3) is 0 Å². The van der Waals surface area contributed by atoms with Crippen molar-refractivity contribution in [1.82, 2.24) is 24.7 Å². The van der Waals surface area contributed by atoms with Gasteiger partial charge in [-0.3, -0.25) is 0 Å². The Morgan fingerprint density at radius 1 is 1.56 bits per heavy atom. The number of thiazole rings is 1. The lowest BCUT2D eigenvalue weighted by molar-refractivity contribution is 0.560. The number of rotatable bonds is 5. The lowest BCUT2D eigenvalue weighted by atomic mass is 10.5. The van der Waals surface area contributed by atoms with E-state index >= 15 is 0 Å². The van der Waals surface area contributed by atoms with Gasteiger partial charge in [0.1, 0.15) is 0 Å². The second-order valence-electron chi connectivity index (χ2n) is 3.38. The first kappa shape index (κ1) is 13.6. The minimum atomic E-state index is -3.61. The highest BCUT2D eigenvalue weighted by Crippen LogP contribution is 2.17. The Kier molecular flexibility index (Phi) is 4.10. The molecule has 0 amide bonds. The first-order chi connectivity index (χ1) is 8.50. The van der Waals surface area contributed by atoms with Crippen LogP contribution in [0.15, 0.2) is 21.2 Å². The third-order valence-corrected chi connectivity index (χ3v) is 5.29. The van der Waals surface area contributed by atoms with Crippen LogP contribution in [-0.4, -0.2) is 34.9 Å². The molecule has 0 radical (unpaired) electrons. The van der Waals surface area contributed by atoms with E-state index in [-0.39, 0.29) is 16.2 Å². The van der Waals surface area contributed by atoms with Crippen molar-refractivity contribution in [2.24, 2.45) is 7.05 Å². The van der Waals surface area contributed by atoms with Crippen molar-refractivity contribution in [3.05, 3.63) is 21.2 Å². The fourth-order valence-electron chi connectivity index (χ4n) is 1.35. The molecule has 0 aliphatic heterocycles. The first-order valence-electron chi connectivity index (χ1n) is 4.94. The van der Waals surface area contributed by atoms with Crippen molar-refractivity contribution in [1.29, 1.82) is 0 Å². The van der Waals surface area contributed by atoms with E-state index in [2.05, 4.69) is 35.9 Å². The third kappa shape index (κ3) is 2.94. The number of nitrogens with one attached hydrogen (secondary N) is 1. The first-order valence-corrected chi connectivity index (χ1v) is 8.09. The standard InChI is InChI=1S/C8H10BrN5O2S2/c1-14-8(7(9)12-13-14)18(15,16)11-3-2-6-10-4-5-17-6/h4-5,11H,2-3H2,1H3. The summed E-state index contributed by atoms with van der Waals surface area (Å²) in [7, 11) is -2.09. The summed E-state index contributed by atoms with van der Waals surface area (Å²) in [5.41, 5.74) is 0. The SMILES string of the molecule is Cn1nnc(Br)c1S(=O)(=O)NCCc1nccs1. The number of hydrogen-bond acceptors (Lipinski definition) is 6. The molecule has 0 spiro atoms. The third-order valence-electron chi connectivity index (χ3n) is 2.11. The monoisotopic (exact) mass is 351 g/mol. The molecule has 1 N–H and O–H groups in total. The second kappa shape index (κ2) is 5.43. The summed E-state index contributed by atoms with van der Waals surface area (Å²) in [6, 6.07) is 0. The average Bonchev–Trinajstić information content (AvgIpc) is 2.89. The zero-order valence-corrected chi connectivity index (χ0v) is 12.6. The summed E-state index contributed by atoms with van der Waals surface area (Å²) in [5.74, 6) is 0. The van der Waals surface area contributed by atoms with E-state index in [0.29, 0.717) is 6.42 Å². The molecule has 10 heteroatoms. The van der Waals surface area contributed by atoms with Gasteiger partial charge in [-0.2, -0.15) is 0 Å². The molecule has 0 aliphatic rings. The van der Waals surface area contributed by atoms with E-state index in [1.807, 2.05) is 5.38 Å². The van der Waals surface area contributed by atoms with E-state index in [1.165, 1.54) is 23.1 Å². The molecule has 0 bridgehead atoms. The molecule has 0 saturated carbocycles. The Bertz CT molecular complexity index is 602. The van der Waals surface area contributed by atoms with Crippen molar-refractivity contribution in [3.8, 4) is 0 Å². The van der Waals surface area contributed by atoms with E-state index in [4.69, 9.17) is 0 Å². The molecule has 2 aromatic heterocycles. The van der Waals surface area contributed by atoms with Crippen LogP contribution in [-0.2, 0) is 23.5 Å². The van der Waals surface area contributed by atoms with Gasteiger partial charge in [-0.05, 0) is 15.9 Å². The number of halogens is 1. The maximum Gasteiger partial charge on any atom is 0.260 e. The summed E-state index contributed by atoms with van der Waals surface area (Å²) in [6.07, 6.45) is 2.25. The van der Waals surface area contributed by atoms with Gasteiger partial charge in [0.2, 0.25) is 5.03 Å². The summed E-state index contributed by atoms with van der Waals surface area (Å²) in [5, 5.41) is 10.0. The van der Waals surface area contributed by atoms with Gasteiger partial charge >= 0.3 is 0 Å². The van der Waals surface area contributed by atoms with Crippen LogP contribution in [0.4, 0.5) is 0 Å². The maximum atomic E-state index is 12.0. The van der Waals surface area contributed by atoms with Crippen LogP contribution in [0.5, 0.6) is 0 Å². The van der Waals surface area contributed by atoms with Crippen molar-refractivity contribution in [2.75, 3.05) is 6.54 Å². The Morgan fingerprint density at radius 3 is 2.89 bits per heavy atom. The van der Waals surface area contributed by atoms with Gasteiger partial charge in [-0.15, -0.1) is 16.4 Å². The van der Waals surface area contributed by atoms with Crippen LogP contribution in [0.3, 0.4) is 0 Å². The second-order valence-corrected chi connectivity index (χ2v) is 6.80. The van der Waals surface area contributed by atoms with E-state index < -0.39 is 10.0 Å². The van der Waals surface area contributed by atoms with E-state index in [0.717, 1.165) is 5.01 Å². The normalized spacial score (nSPS) is 11.9. The summed E-state index contributed by atoms with van der Waals surface area (Å²) < 4.78 is 27.9. The lowest BCUT2D eigenvalue weighted by Gasteiger charge is -2.05. The van der Waals surface area contributed by atoms with Gasteiger partial charge in [0.15, 0.2) is 4.60 Å². The van der Waals surface area contributed by atoms with Gasteiger partial charge in [0, 0.05) is 31.6 Å². The molecule has 0 saturated heterocycles. The Labute approximate surface area is 116 Å². The minimum Gasteiger partial charge on any atom is -0.250 e. The zero-order valence-electron chi connectivity index (χ0n) is 9.37. The van der Waals surface area contributed by atoms with E-state index in [1.54, 1.807) is 6.20 Å². The van der Waals surface area contributed by atoms with Crippen molar-refractivity contribution >= 4 is 37.3 Å². The van der Waals surface area contributed by atoms with Crippen LogP contribution in [0.2, 0.25) is 0 Å². The molecule has 0 aliphatic carbocycles. The molecular formula is C8H10BrN5O2S2. The smallest absolute Gasteiger partial charge is 0.250 e. The van der Waals surface area contributed by atoms with Gasteiger partial charge < -0.3 is 0 Å². The molecule has 0 atom stereocenters. The molecule has 98 valence electrons. The number of aromatic nitrogens is 4. The highest BCUT2D eigenvalue weighted by molar-refractivity contribution is 9.10. The summed E-state index contributed by atoms with van der Waals surface area (Å²) >= 11 is 4.55. The number of nitrogens with zero attached hydrogens (tertiary/aromatic N) is 4. The van der Waals surface area contributed by atoms with Crippen molar-refractivity contribution in [2.45, 2.75) is 11.4 Å².